The Kier molecular flexibility index (Phi) is 16.2. The van der Waals surface area contributed by atoms with Gasteiger partial charge in [-0.2, -0.15) is 5.26 Å². The Morgan fingerprint density at radius 3 is 1.28 bits per heavy atom. The lowest BCUT2D eigenvalue weighted by Crippen LogP contribution is -2.53. The van der Waals surface area contributed by atoms with Crippen LogP contribution in [0.15, 0.2) is 151 Å². The summed E-state index contributed by atoms with van der Waals surface area (Å²) in [5, 5.41) is 15.5. The third-order valence-electron chi connectivity index (χ3n) is 12.1. The quantitative estimate of drug-likeness (QED) is 0.0327. The van der Waals surface area contributed by atoms with E-state index in [1.807, 2.05) is 0 Å². The number of hydrogen-bond acceptors (Lipinski definition) is 6. The molecule has 0 bridgehead atoms. The zero-order valence-electron chi connectivity index (χ0n) is 38.7. The normalized spacial score (nSPS) is 18.3. The lowest BCUT2D eigenvalue weighted by Gasteiger charge is -2.39. The van der Waals surface area contributed by atoms with Crippen molar-refractivity contribution in [3.63, 3.8) is 0 Å². The first-order valence-corrected chi connectivity index (χ1v) is 30.3. The second kappa shape index (κ2) is 22.2. The van der Waals surface area contributed by atoms with Crippen molar-refractivity contribution in [2.75, 3.05) is 26.8 Å². The van der Waals surface area contributed by atoms with Crippen LogP contribution >= 0.6 is 0 Å². The van der Waals surface area contributed by atoms with Crippen LogP contribution < -0.4 is 0 Å². The van der Waals surface area contributed by atoms with Crippen LogP contribution in [-0.4, -0.2) is 83.0 Å². The minimum Gasteiger partial charge on any atom is -0.356 e. The molecule has 1 aliphatic heterocycles. The van der Waals surface area contributed by atoms with Gasteiger partial charge in [0.15, 0.2) is 0 Å². The molecule has 1 fully saturated rings. The number of rotatable bonds is 20. The van der Waals surface area contributed by atoms with Crippen LogP contribution in [0.3, 0.4) is 0 Å². The van der Waals surface area contributed by atoms with Crippen LogP contribution in [-0.2, 0) is 44.9 Å². The lowest BCUT2D eigenvalue weighted by molar-refractivity contribution is -0.188. The summed E-state index contributed by atoms with van der Waals surface area (Å²) >= 11 is 0. The highest BCUT2D eigenvalue weighted by Crippen LogP contribution is 2.34. The summed E-state index contributed by atoms with van der Waals surface area (Å²) in [4.78, 5) is 9.50. The second-order valence-corrected chi connectivity index (χ2v) is 30.8. The predicted molar refractivity (Wildman–Crippen MR) is 268 cm³/mol. The van der Waals surface area contributed by atoms with E-state index in [1.165, 1.54) is 10.8 Å². The molecule has 0 amide bonds. The third kappa shape index (κ3) is 13.2. The van der Waals surface area contributed by atoms with Crippen molar-refractivity contribution in [1.29, 1.82) is 5.26 Å². The average Bonchev–Trinajstić information content (AvgIpc) is 3.35. The Morgan fingerprint density at radius 2 is 0.891 bits per heavy atom. The zero-order valence-corrected chi connectivity index (χ0v) is 40.7. The highest BCUT2D eigenvalue weighted by Gasteiger charge is 2.48. The Hall–Kier alpha value is -5.13. The molecule has 8 nitrogen and oxygen atoms in total. The van der Waals surface area contributed by atoms with Crippen molar-refractivity contribution < 1.29 is 18.9 Å². The Labute approximate surface area is 383 Å². The molecule has 1 saturated heterocycles. The molecule has 0 saturated carbocycles. The summed E-state index contributed by atoms with van der Waals surface area (Å²) in [5.41, 5.74) is 4.50. The van der Waals surface area contributed by atoms with Gasteiger partial charge in [-0.05, 0) is 80.9 Å². The van der Waals surface area contributed by atoms with Crippen molar-refractivity contribution in [3.8, 4) is 6.19 Å². The van der Waals surface area contributed by atoms with Gasteiger partial charge in [0.05, 0.1) is 12.1 Å². The highest BCUT2D eigenvalue weighted by molar-refractivity contribution is 6.76. The van der Waals surface area contributed by atoms with E-state index in [1.54, 1.807) is 0 Å². The summed E-state index contributed by atoms with van der Waals surface area (Å²) in [7, 11) is -2.72. The van der Waals surface area contributed by atoms with E-state index in [2.05, 4.69) is 201 Å². The molecule has 0 aromatic heterocycles. The molecule has 6 aromatic rings. The molecule has 0 N–H and O–H groups in total. The summed E-state index contributed by atoms with van der Waals surface area (Å²) in [6, 6.07) is 52.7. The molecular weight excluding hydrogens is 825 g/mol. The van der Waals surface area contributed by atoms with Crippen LogP contribution in [0.2, 0.25) is 51.4 Å². The van der Waals surface area contributed by atoms with Crippen LogP contribution in [0.4, 0.5) is 0 Å². The molecule has 0 unspecified atom stereocenters. The predicted octanol–water partition coefficient (Wildman–Crippen LogP) is 11.8. The first-order chi connectivity index (χ1) is 30.9. The van der Waals surface area contributed by atoms with Crippen molar-refractivity contribution >= 4 is 43.7 Å². The maximum atomic E-state index is 10.8. The van der Waals surface area contributed by atoms with E-state index in [0.29, 0.717) is 45.1 Å². The maximum absolute atomic E-state index is 10.8. The summed E-state index contributed by atoms with van der Waals surface area (Å²) < 4.78 is 27.2. The molecule has 10 heteroatoms. The number of ether oxygens (including phenoxy) is 4. The van der Waals surface area contributed by atoms with E-state index in [0.717, 1.165) is 45.1 Å². The SMILES string of the molecule is C[Si](C)(C)CCOCO[C@@H]1[C@@H](OCOCC[Si](C)(C)C)[C@@H](Cc2ccccc2)N(Cc2ccc3ccccc3c2)C(=NC#N)N(Cc2ccc3ccccc3c2)[C@@H]1Cc1ccccc1. The van der Waals surface area contributed by atoms with Crippen molar-refractivity contribution in [3.05, 3.63) is 168 Å². The largest absolute Gasteiger partial charge is 0.356 e. The molecule has 64 heavy (non-hydrogen) atoms. The van der Waals surface area contributed by atoms with E-state index in [9.17, 15) is 5.26 Å². The van der Waals surface area contributed by atoms with Gasteiger partial charge in [0, 0.05) is 42.5 Å². The van der Waals surface area contributed by atoms with Gasteiger partial charge in [-0.1, -0.05) is 173 Å². The van der Waals surface area contributed by atoms with Gasteiger partial charge in [0.25, 0.3) is 0 Å². The molecule has 334 valence electrons. The summed E-state index contributed by atoms with van der Waals surface area (Å²) in [5.74, 6) is 0.588. The first-order valence-electron chi connectivity index (χ1n) is 22.9. The van der Waals surface area contributed by atoms with Gasteiger partial charge in [-0.15, -0.1) is 4.99 Å². The van der Waals surface area contributed by atoms with E-state index in [-0.39, 0.29) is 25.7 Å². The zero-order chi connectivity index (χ0) is 44.9. The molecule has 1 heterocycles. The van der Waals surface area contributed by atoms with Crippen LogP contribution in [0.5, 0.6) is 0 Å². The lowest BCUT2D eigenvalue weighted by atomic mass is 9.90. The summed E-state index contributed by atoms with van der Waals surface area (Å²) in [6.07, 6.45) is 2.43. The fraction of sp³-hybridized carbons (Fsp3) is 0.370. The summed E-state index contributed by atoms with van der Waals surface area (Å²) in [6.45, 7) is 16.6. The third-order valence-corrected chi connectivity index (χ3v) is 15.5. The molecular formula is C54H66N4O4Si2. The fourth-order valence-electron chi connectivity index (χ4n) is 8.57. The number of nitriles is 1. The highest BCUT2D eigenvalue weighted by atomic mass is 28.3. The minimum absolute atomic E-state index is 0.105. The monoisotopic (exact) mass is 890 g/mol. The minimum atomic E-state index is -1.36. The Morgan fingerprint density at radius 1 is 0.500 bits per heavy atom. The molecule has 6 aromatic carbocycles. The van der Waals surface area contributed by atoms with Gasteiger partial charge in [-0.3, -0.25) is 0 Å². The standard InChI is InChI=1S/C54H66N4O4Si2/c1-63(2,3)31-29-59-40-61-52-50(35-42-17-9-7-10-18-42)57(37-44-25-27-46-21-13-15-23-48(46)33-44)54(56-39-55)58(38-45-26-28-47-22-14-16-24-49(47)34-45)51(36-43-19-11-8-12-20-43)53(52)62-41-60-30-32-64(4,5)6/h7-28,33-34,50-53H,29-32,35-38,40-41H2,1-6H3/t50-,51-,52+,53+/m1/s1. The number of hydrogen-bond donors (Lipinski definition) is 0. The van der Waals surface area contributed by atoms with Crippen LogP contribution in [0, 0.1) is 11.5 Å². The number of aliphatic imine (C=N–C) groups is 1. The van der Waals surface area contributed by atoms with Crippen molar-refractivity contribution in [2.24, 2.45) is 4.99 Å². The van der Waals surface area contributed by atoms with Crippen molar-refractivity contribution in [1.82, 2.24) is 9.80 Å². The van der Waals surface area contributed by atoms with Gasteiger partial charge < -0.3 is 28.7 Å². The Balaban J connectivity index is 1.41. The number of benzene rings is 6. The molecule has 1 aliphatic rings. The smallest absolute Gasteiger partial charge is 0.213 e. The van der Waals surface area contributed by atoms with Gasteiger partial charge >= 0.3 is 0 Å². The average molecular weight is 891 g/mol. The molecule has 7 rings (SSSR count). The van der Waals surface area contributed by atoms with E-state index in [4.69, 9.17) is 23.9 Å². The molecule has 0 spiro atoms. The molecule has 0 radical (unpaired) electrons. The fourth-order valence-corrected chi connectivity index (χ4v) is 10.1. The maximum Gasteiger partial charge on any atom is 0.213 e. The number of guanidine groups is 1. The van der Waals surface area contributed by atoms with Crippen LogP contribution in [0.25, 0.3) is 21.5 Å². The number of nitrogens with zero attached hydrogens (tertiary/aromatic N) is 4. The van der Waals surface area contributed by atoms with Gasteiger partial charge in [0.2, 0.25) is 12.2 Å². The second-order valence-electron chi connectivity index (χ2n) is 19.6. The van der Waals surface area contributed by atoms with E-state index >= 15 is 0 Å². The topological polar surface area (TPSA) is 79.5 Å². The van der Waals surface area contributed by atoms with Crippen molar-refractivity contribution in [2.45, 2.75) is 102 Å². The molecule has 0 aliphatic carbocycles. The van der Waals surface area contributed by atoms with E-state index < -0.39 is 28.4 Å². The van der Waals surface area contributed by atoms with Gasteiger partial charge in [-0.25, -0.2) is 0 Å². The Bertz CT molecular complexity index is 2300. The van der Waals surface area contributed by atoms with Crippen LogP contribution in [0.1, 0.15) is 22.3 Å². The number of fused-ring (bicyclic) bond motifs is 2. The van der Waals surface area contributed by atoms with Gasteiger partial charge in [0.1, 0.15) is 25.8 Å². The first kappa shape index (κ1) is 46.9. The molecule has 4 atom stereocenters.